The number of piperidine rings is 2. The smallest absolute Gasteiger partial charge is 0.273 e. The summed E-state index contributed by atoms with van der Waals surface area (Å²) >= 11 is 0. The van der Waals surface area contributed by atoms with Gasteiger partial charge in [-0.1, -0.05) is 25.1 Å². The number of amidine groups is 1. The Morgan fingerprint density at radius 2 is 1.81 bits per heavy atom. The largest absolute Gasteiger partial charge is 0.399 e. The Morgan fingerprint density at radius 1 is 1.07 bits per heavy atom. The number of fused-ring (bicyclic) bond motifs is 1. The van der Waals surface area contributed by atoms with Gasteiger partial charge in [-0.15, -0.1) is 0 Å². The summed E-state index contributed by atoms with van der Waals surface area (Å²) < 4.78 is 0. The molecule has 0 saturated carbocycles. The summed E-state index contributed by atoms with van der Waals surface area (Å²) in [5, 5.41) is 8.04. The van der Waals surface area contributed by atoms with Crippen molar-refractivity contribution in [3.8, 4) is 0 Å². The van der Waals surface area contributed by atoms with Crippen LogP contribution in [-0.4, -0.2) is 72.4 Å². The zero-order valence-electron chi connectivity index (χ0n) is 24.5. The molecule has 10 heteroatoms. The number of nitrogens with one attached hydrogen (secondary N) is 2. The Morgan fingerprint density at radius 3 is 2.52 bits per heavy atom. The third kappa shape index (κ3) is 7.56. The number of nitrogens with two attached hydrogens (primary N) is 2. The van der Waals surface area contributed by atoms with Crippen LogP contribution < -0.4 is 22.1 Å². The molecule has 42 heavy (non-hydrogen) atoms. The maximum atomic E-state index is 13.5. The summed E-state index contributed by atoms with van der Waals surface area (Å²) in [5.74, 6) is -0.0521. The van der Waals surface area contributed by atoms with Crippen molar-refractivity contribution >= 4 is 35.1 Å². The van der Waals surface area contributed by atoms with Gasteiger partial charge in [0.05, 0.1) is 5.69 Å². The van der Waals surface area contributed by atoms with Gasteiger partial charge in [0.15, 0.2) is 0 Å². The van der Waals surface area contributed by atoms with Crippen molar-refractivity contribution in [1.82, 2.24) is 20.6 Å². The van der Waals surface area contributed by atoms with E-state index in [1.165, 1.54) is 17.9 Å². The fourth-order valence-electron chi connectivity index (χ4n) is 5.87. The molecular weight excluding hydrogens is 530 g/mol. The third-order valence-electron chi connectivity index (χ3n) is 8.24. The van der Waals surface area contributed by atoms with Crippen molar-refractivity contribution in [1.29, 1.82) is 0 Å². The summed E-state index contributed by atoms with van der Waals surface area (Å²) in [4.78, 5) is 39.8. The molecular formula is C32H43N7O3. The van der Waals surface area contributed by atoms with E-state index in [1.54, 1.807) is 30.3 Å². The van der Waals surface area contributed by atoms with Crippen molar-refractivity contribution in [3.63, 3.8) is 0 Å². The van der Waals surface area contributed by atoms with Gasteiger partial charge in [0, 0.05) is 60.5 Å². The van der Waals surface area contributed by atoms with Crippen LogP contribution in [0.2, 0.25) is 0 Å². The molecule has 0 spiro atoms. The number of amides is 2. The zero-order valence-corrected chi connectivity index (χ0v) is 24.5. The predicted octanol–water partition coefficient (Wildman–Crippen LogP) is 3.36. The van der Waals surface area contributed by atoms with Crippen LogP contribution in [0, 0.1) is 0 Å². The second-order valence-electron chi connectivity index (χ2n) is 11.4. The number of benzene rings is 2. The van der Waals surface area contributed by atoms with Gasteiger partial charge in [-0.05, 0) is 81.1 Å². The van der Waals surface area contributed by atoms with E-state index in [9.17, 15) is 9.59 Å². The Kier molecular flexibility index (Phi) is 9.89. The second-order valence-corrected chi connectivity index (χ2v) is 11.4. The quantitative estimate of drug-likeness (QED) is 0.267. The molecule has 2 fully saturated rings. The molecule has 0 atom stereocenters. The molecule has 2 aromatic rings. The number of hydrogen-bond acceptors (Lipinski definition) is 8. The Hall–Kier alpha value is -3.73. The van der Waals surface area contributed by atoms with Crippen LogP contribution >= 0.6 is 0 Å². The molecule has 0 aromatic heterocycles. The van der Waals surface area contributed by atoms with Gasteiger partial charge in [0.2, 0.25) is 0 Å². The average Bonchev–Trinajstić information content (AvgIpc) is 3.18. The number of anilines is 1. The lowest BCUT2D eigenvalue weighted by Crippen LogP contribution is -2.50. The van der Waals surface area contributed by atoms with Crippen LogP contribution in [0.5, 0.6) is 0 Å². The molecule has 3 aliphatic heterocycles. The molecule has 5 rings (SSSR count). The number of nitrogens with zero attached hydrogens (tertiary/aromatic N) is 3. The van der Waals surface area contributed by atoms with E-state index in [-0.39, 0.29) is 30.9 Å². The van der Waals surface area contributed by atoms with Crippen LogP contribution in [0.15, 0.2) is 53.0 Å². The molecule has 0 bridgehead atoms. The van der Waals surface area contributed by atoms with E-state index in [0.29, 0.717) is 40.9 Å². The lowest BCUT2D eigenvalue weighted by atomic mass is 9.98. The number of carbonyl (C=O) groups is 2. The Balaban J connectivity index is 1.23. The number of hydrogen-bond donors (Lipinski definition) is 4. The van der Waals surface area contributed by atoms with Gasteiger partial charge in [0.1, 0.15) is 12.4 Å². The summed E-state index contributed by atoms with van der Waals surface area (Å²) in [6.45, 7) is 6.88. The minimum Gasteiger partial charge on any atom is -0.399 e. The van der Waals surface area contributed by atoms with Crippen molar-refractivity contribution in [2.45, 2.75) is 64.1 Å². The van der Waals surface area contributed by atoms with E-state index in [4.69, 9.17) is 16.3 Å². The van der Waals surface area contributed by atoms with Crippen molar-refractivity contribution < 1.29 is 14.4 Å². The number of hydroxylamine groups is 2. The summed E-state index contributed by atoms with van der Waals surface area (Å²) in [6, 6.07) is 13.6. The molecule has 0 radical (unpaired) electrons. The SMILES string of the molecule is CCCN(OCc1ccc(N)cc1)C(=O)C1=Cc2ccc(C(=O)NC3CCN(C4CCNCC4)CC3)cc2N=C(N)C1. The van der Waals surface area contributed by atoms with Crippen LogP contribution in [-0.2, 0) is 16.2 Å². The summed E-state index contributed by atoms with van der Waals surface area (Å²) in [5.41, 5.74) is 16.0. The first-order chi connectivity index (χ1) is 20.4. The molecule has 2 saturated heterocycles. The van der Waals surface area contributed by atoms with Crippen LogP contribution in [0.25, 0.3) is 6.08 Å². The molecule has 0 unspecified atom stereocenters. The van der Waals surface area contributed by atoms with Crippen LogP contribution in [0.3, 0.4) is 0 Å². The average molecular weight is 574 g/mol. The maximum Gasteiger partial charge on any atom is 0.273 e. The summed E-state index contributed by atoms with van der Waals surface area (Å²) in [7, 11) is 0. The molecule has 224 valence electrons. The van der Waals surface area contributed by atoms with Gasteiger partial charge >= 0.3 is 0 Å². The molecule has 2 aromatic carbocycles. The highest BCUT2D eigenvalue weighted by molar-refractivity contribution is 6.05. The van der Waals surface area contributed by atoms with E-state index in [2.05, 4.69) is 20.5 Å². The molecule has 2 amide bonds. The van der Waals surface area contributed by atoms with Crippen LogP contribution in [0.1, 0.15) is 66.9 Å². The van der Waals surface area contributed by atoms with Crippen LogP contribution in [0.4, 0.5) is 11.4 Å². The summed E-state index contributed by atoms with van der Waals surface area (Å²) in [6.07, 6.45) is 7.03. The topological polar surface area (TPSA) is 138 Å². The van der Waals surface area contributed by atoms with Gasteiger partial charge in [-0.2, -0.15) is 0 Å². The van der Waals surface area contributed by atoms with E-state index in [0.717, 1.165) is 56.6 Å². The predicted molar refractivity (Wildman–Crippen MR) is 166 cm³/mol. The number of nitrogen functional groups attached to an aromatic ring is 1. The molecule has 10 nitrogen and oxygen atoms in total. The van der Waals surface area contributed by atoms with E-state index < -0.39 is 0 Å². The standard InChI is InChI=1S/C32H43N7O3/c1-2-15-39(42-21-22-3-7-26(33)8-4-22)32(41)25-18-23-5-6-24(19-29(23)37-30(34)20-25)31(40)36-27-11-16-38(17-12-27)28-9-13-35-14-10-28/h3-8,18-19,27-28,35H,2,9-17,20-21,33H2,1H3,(H2,34,37)(H,36,40). The van der Waals surface area contributed by atoms with Gasteiger partial charge in [-0.25, -0.2) is 10.1 Å². The number of likely N-dealkylation sites (tertiary alicyclic amines) is 1. The normalized spacial score (nSPS) is 18.4. The molecule has 0 aliphatic carbocycles. The first-order valence-electron chi connectivity index (χ1n) is 15.1. The van der Waals surface area contributed by atoms with Gasteiger partial charge in [-0.3, -0.25) is 14.4 Å². The molecule has 3 heterocycles. The monoisotopic (exact) mass is 573 g/mol. The van der Waals surface area contributed by atoms with Crippen molar-refractivity contribution in [3.05, 3.63) is 64.7 Å². The first-order valence-corrected chi connectivity index (χ1v) is 15.1. The highest BCUT2D eigenvalue weighted by atomic mass is 16.7. The third-order valence-corrected chi connectivity index (χ3v) is 8.24. The second kappa shape index (κ2) is 14.0. The zero-order chi connectivity index (χ0) is 29.5. The van der Waals surface area contributed by atoms with Gasteiger partial charge in [0.25, 0.3) is 11.8 Å². The van der Waals surface area contributed by atoms with E-state index >= 15 is 0 Å². The highest BCUT2D eigenvalue weighted by Gasteiger charge is 2.27. The van der Waals surface area contributed by atoms with Gasteiger partial charge < -0.3 is 27.0 Å². The van der Waals surface area contributed by atoms with Crippen molar-refractivity contribution in [2.75, 3.05) is 38.5 Å². The lowest BCUT2D eigenvalue weighted by Gasteiger charge is -2.39. The first kappa shape index (κ1) is 29.8. The number of carbonyl (C=O) groups excluding carboxylic acids is 2. The molecule has 3 aliphatic rings. The Labute approximate surface area is 248 Å². The minimum absolute atomic E-state index is 0.110. The minimum atomic E-state index is -0.254. The van der Waals surface area contributed by atoms with E-state index in [1.807, 2.05) is 25.1 Å². The lowest BCUT2D eigenvalue weighted by molar-refractivity contribution is -0.187. The fraction of sp³-hybridized carbons (Fsp3) is 0.469. The highest BCUT2D eigenvalue weighted by Crippen LogP contribution is 2.29. The number of aliphatic imine (C=N–C) groups is 1. The van der Waals surface area contributed by atoms with Crippen molar-refractivity contribution in [2.24, 2.45) is 10.7 Å². The fourth-order valence-corrected chi connectivity index (χ4v) is 5.87. The maximum absolute atomic E-state index is 13.5. The number of rotatable bonds is 9. The molecule has 6 N–H and O–H groups in total. The Bertz CT molecular complexity index is 1310.